The lowest BCUT2D eigenvalue weighted by Crippen LogP contribution is -2.45. The molecule has 0 aromatic heterocycles. The second-order valence-corrected chi connectivity index (χ2v) is 10.7. The Bertz CT molecular complexity index is 996. The molecule has 2 heterocycles. The Hall–Kier alpha value is -1.32. The van der Waals surface area contributed by atoms with E-state index in [0.29, 0.717) is 19.1 Å². The summed E-state index contributed by atoms with van der Waals surface area (Å²) in [5.41, 5.74) is 0. The van der Waals surface area contributed by atoms with Crippen LogP contribution < -0.4 is 14.2 Å². The first kappa shape index (κ1) is 21.9. The predicted molar refractivity (Wildman–Crippen MR) is 120 cm³/mol. The minimum absolute atomic E-state index is 0.0120. The minimum Gasteiger partial charge on any atom is -0.486 e. The molecule has 1 saturated heterocycles. The number of nitrogens with zero attached hydrogens (tertiary/aromatic N) is 1. The molecule has 0 spiro atoms. The van der Waals surface area contributed by atoms with Crippen molar-refractivity contribution in [1.29, 1.82) is 0 Å². The highest BCUT2D eigenvalue weighted by atomic mass is 79.9. The molecule has 1 atom stereocenters. The lowest BCUT2D eigenvalue weighted by molar-refractivity contribution is 0.0480. The third-order valence-electron chi connectivity index (χ3n) is 5.48. The molecule has 6 nitrogen and oxygen atoms in total. The molecule has 2 aromatic carbocycles. The minimum atomic E-state index is -3.59. The van der Waals surface area contributed by atoms with Crippen molar-refractivity contribution in [2.45, 2.75) is 23.8 Å². The van der Waals surface area contributed by atoms with Crippen LogP contribution in [0.1, 0.15) is 12.8 Å². The number of nitrogens with one attached hydrogen (secondary N) is 1. The van der Waals surface area contributed by atoms with Gasteiger partial charge in [-0.2, -0.15) is 0 Å². The summed E-state index contributed by atoms with van der Waals surface area (Å²) < 4.78 is 40.6. The number of piperidine rings is 1. The number of halogens is 2. The van der Waals surface area contributed by atoms with Crippen LogP contribution in [0.15, 0.2) is 51.8 Å². The summed E-state index contributed by atoms with van der Waals surface area (Å²) in [5, 5.41) is 0.239. The fourth-order valence-corrected chi connectivity index (χ4v) is 5.78. The SMILES string of the molecule is O=S(=O)(NCC1CCN(C[C@H]2COc3ccc(Br)cc3O2)CC1)c1ccccc1Cl. The third kappa shape index (κ3) is 5.29. The molecule has 0 aliphatic carbocycles. The molecule has 0 bridgehead atoms. The molecule has 0 radical (unpaired) electrons. The zero-order chi connectivity index (χ0) is 21.1. The molecule has 1 N–H and O–H groups in total. The third-order valence-corrected chi connectivity index (χ3v) is 7.90. The topological polar surface area (TPSA) is 67.9 Å². The highest BCUT2D eigenvalue weighted by molar-refractivity contribution is 9.10. The van der Waals surface area contributed by atoms with Crippen LogP contribution in [0.4, 0.5) is 0 Å². The quantitative estimate of drug-likeness (QED) is 0.631. The van der Waals surface area contributed by atoms with Crippen molar-refractivity contribution in [3.05, 3.63) is 52.0 Å². The van der Waals surface area contributed by atoms with E-state index in [1.165, 1.54) is 6.07 Å². The molecule has 162 valence electrons. The van der Waals surface area contributed by atoms with E-state index < -0.39 is 10.0 Å². The molecule has 1 fully saturated rings. The van der Waals surface area contributed by atoms with Crippen molar-refractivity contribution in [1.82, 2.24) is 9.62 Å². The molecule has 0 amide bonds. The summed E-state index contributed by atoms with van der Waals surface area (Å²) in [6, 6.07) is 12.3. The van der Waals surface area contributed by atoms with Crippen molar-refractivity contribution in [2.24, 2.45) is 5.92 Å². The Kier molecular flexibility index (Phi) is 6.89. The lowest BCUT2D eigenvalue weighted by Gasteiger charge is -2.35. The van der Waals surface area contributed by atoms with Gasteiger partial charge in [-0.25, -0.2) is 13.1 Å². The van der Waals surface area contributed by atoms with Crippen molar-refractivity contribution in [3.8, 4) is 11.5 Å². The van der Waals surface area contributed by atoms with E-state index in [2.05, 4.69) is 25.6 Å². The smallest absolute Gasteiger partial charge is 0.242 e. The Morgan fingerprint density at radius 3 is 2.67 bits per heavy atom. The maximum absolute atomic E-state index is 12.5. The van der Waals surface area contributed by atoms with E-state index in [9.17, 15) is 8.42 Å². The first-order valence-electron chi connectivity index (χ1n) is 9.96. The standard InChI is InChI=1S/C21H24BrClN2O4S/c22-16-5-6-19-20(11-16)29-17(14-28-19)13-25-9-7-15(8-10-25)12-24-30(26,27)21-4-2-1-3-18(21)23/h1-6,11,15,17,24H,7-10,12-14H2/t17-/m0/s1. The lowest BCUT2D eigenvalue weighted by atomic mass is 9.97. The molecule has 2 aliphatic heterocycles. The van der Waals surface area contributed by atoms with Crippen molar-refractivity contribution < 1.29 is 17.9 Å². The fraction of sp³-hybridized carbons (Fsp3) is 0.429. The second-order valence-electron chi connectivity index (χ2n) is 7.67. The largest absolute Gasteiger partial charge is 0.486 e. The van der Waals surface area contributed by atoms with Gasteiger partial charge in [0.05, 0.1) is 5.02 Å². The number of ether oxygens (including phenoxy) is 2. The molecule has 0 unspecified atom stereocenters. The zero-order valence-electron chi connectivity index (χ0n) is 16.4. The van der Waals surface area contributed by atoms with E-state index >= 15 is 0 Å². The Balaban J connectivity index is 1.24. The number of fused-ring (bicyclic) bond motifs is 1. The van der Waals surface area contributed by atoms with Gasteiger partial charge in [0.15, 0.2) is 11.5 Å². The Morgan fingerprint density at radius 1 is 1.13 bits per heavy atom. The van der Waals surface area contributed by atoms with E-state index in [1.54, 1.807) is 18.2 Å². The average molecular weight is 516 g/mol. The van der Waals surface area contributed by atoms with Gasteiger partial charge in [0, 0.05) is 17.6 Å². The van der Waals surface area contributed by atoms with Crippen LogP contribution in [0.2, 0.25) is 5.02 Å². The first-order valence-corrected chi connectivity index (χ1v) is 12.6. The monoisotopic (exact) mass is 514 g/mol. The number of hydrogen-bond donors (Lipinski definition) is 1. The Labute approximate surface area is 190 Å². The maximum Gasteiger partial charge on any atom is 0.242 e. The number of hydrogen-bond acceptors (Lipinski definition) is 5. The average Bonchev–Trinajstić information content (AvgIpc) is 2.73. The summed E-state index contributed by atoms with van der Waals surface area (Å²) in [4.78, 5) is 2.49. The van der Waals surface area contributed by atoms with Crippen LogP contribution in [-0.4, -0.2) is 52.2 Å². The molecule has 4 rings (SSSR count). The molecule has 0 saturated carbocycles. The van der Waals surface area contributed by atoms with E-state index in [-0.39, 0.29) is 16.0 Å². The Morgan fingerprint density at radius 2 is 1.90 bits per heavy atom. The summed E-state index contributed by atoms with van der Waals surface area (Å²) >= 11 is 9.49. The summed E-state index contributed by atoms with van der Waals surface area (Å²) in [6.45, 7) is 3.56. The van der Waals surface area contributed by atoms with Gasteiger partial charge in [0.25, 0.3) is 0 Å². The van der Waals surface area contributed by atoms with Crippen LogP contribution in [0, 0.1) is 5.92 Å². The number of benzene rings is 2. The van der Waals surface area contributed by atoms with Crippen LogP contribution in [0.3, 0.4) is 0 Å². The highest BCUT2D eigenvalue weighted by Crippen LogP contribution is 2.34. The van der Waals surface area contributed by atoms with E-state index in [0.717, 1.165) is 48.4 Å². The van der Waals surface area contributed by atoms with Crippen LogP contribution in [0.5, 0.6) is 11.5 Å². The normalized spacial score (nSPS) is 20.3. The fourth-order valence-electron chi connectivity index (χ4n) is 3.81. The molecular formula is C21H24BrClN2O4S. The van der Waals surface area contributed by atoms with Crippen LogP contribution >= 0.6 is 27.5 Å². The predicted octanol–water partition coefficient (Wildman–Crippen LogP) is 3.93. The zero-order valence-corrected chi connectivity index (χ0v) is 19.5. The van der Waals surface area contributed by atoms with Crippen molar-refractivity contribution >= 4 is 37.6 Å². The van der Waals surface area contributed by atoms with Gasteiger partial charge in [-0.1, -0.05) is 39.7 Å². The number of likely N-dealkylation sites (tertiary alicyclic amines) is 1. The van der Waals surface area contributed by atoms with Gasteiger partial charge < -0.3 is 9.47 Å². The molecule has 2 aliphatic rings. The van der Waals surface area contributed by atoms with Gasteiger partial charge in [-0.15, -0.1) is 0 Å². The molecule has 9 heteroatoms. The van der Waals surface area contributed by atoms with E-state index in [1.807, 2.05) is 18.2 Å². The van der Waals surface area contributed by atoms with Crippen LogP contribution in [-0.2, 0) is 10.0 Å². The van der Waals surface area contributed by atoms with Gasteiger partial charge in [-0.3, -0.25) is 4.90 Å². The van der Waals surface area contributed by atoms with Gasteiger partial charge in [-0.05, 0) is 62.2 Å². The maximum atomic E-state index is 12.5. The summed E-state index contributed by atoms with van der Waals surface area (Å²) in [6.07, 6.45) is 1.85. The van der Waals surface area contributed by atoms with Gasteiger partial charge in [0.1, 0.15) is 17.6 Å². The number of sulfonamides is 1. The molecular weight excluding hydrogens is 492 g/mol. The van der Waals surface area contributed by atoms with Crippen molar-refractivity contribution in [3.63, 3.8) is 0 Å². The summed E-state index contributed by atoms with van der Waals surface area (Å²) in [5.74, 6) is 1.85. The second kappa shape index (κ2) is 9.44. The van der Waals surface area contributed by atoms with Crippen molar-refractivity contribution in [2.75, 3.05) is 32.8 Å². The highest BCUT2D eigenvalue weighted by Gasteiger charge is 2.27. The summed E-state index contributed by atoms with van der Waals surface area (Å²) in [7, 11) is -3.59. The van der Waals surface area contributed by atoms with Gasteiger partial charge >= 0.3 is 0 Å². The van der Waals surface area contributed by atoms with Crippen LogP contribution in [0.25, 0.3) is 0 Å². The number of rotatable bonds is 6. The first-order chi connectivity index (χ1) is 14.4. The molecule has 30 heavy (non-hydrogen) atoms. The van der Waals surface area contributed by atoms with Gasteiger partial charge in [0.2, 0.25) is 10.0 Å². The van der Waals surface area contributed by atoms with E-state index in [4.69, 9.17) is 21.1 Å². The molecule has 2 aromatic rings.